The molecule has 2 aromatic rings. The zero-order valence-electron chi connectivity index (χ0n) is 18.2. The van der Waals surface area contributed by atoms with Gasteiger partial charge in [0.15, 0.2) is 0 Å². The molecule has 9 heteroatoms. The Hall–Kier alpha value is -1.64. The normalized spacial score (nSPS) is 11.8. The number of amides is 2. The van der Waals surface area contributed by atoms with E-state index in [1.165, 1.54) is 43.4 Å². The number of rotatable bonds is 14. The van der Waals surface area contributed by atoms with E-state index >= 15 is 0 Å². The van der Waals surface area contributed by atoms with Crippen LogP contribution in [0.1, 0.15) is 67.2 Å². The first-order valence-corrected chi connectivity index (χ1v) is 13.3. The lowest BCUT2D eigenvalue weighted by Gasteiger charge is -2.17. The summed E-state index contributed by atoms with van der Waals surface area (Å²) in [6.07, 6.45) is 10.7. The molecule has 2 amide bonds. The highest BCUT2D eigenvalue weighted by Gasteiger charge is 2.23. The smallest absolute Gasteiger partial charge is 0.253 e. The third kappa shape index (κ3) is 9.17. The first-order valence-electron chi connectivity index (χ1n) is 10.7. The van der Waals surface area contributed by atoms with Crippen LogP contribution < -0.4 is 10.6 Å². The van der Waals surface area contributed by atoms with Gasteiger partial charge in [0.2, 0.25) is 11.0 Å². The second-order valence-corrected chi connectivity index (χ2v) is 9.75. The van der Waals surface area contributed by atoms with Crippen LogP contribution in [-0.2, 0) is 11.2 Å². The summed E-state index contributed by atoms with van der Waals surface area (Å²) in [7, 11) is 0. The lowest BCUT2D eigenvalue weighted by Crippen LogP contribution is -2.44. The molecule has 1 atom stereocenters. The molecule has 0 radical (unpaired) electrons. The SMILES string of the molecule is CCCCCCCCc1nnc(NC(=O)C(CCSC)NC(=O)c2ccccc2Cl)s1. The van der Waals surface area contributed by atoms with E-state index in [1.807, 2.05) is 6.26 Å². The van der Waals surface area contributed by atoms with E-state index in [0.29, 0.717) is 22.1 Å². The van der Waals surface area contributed by atoms with Gasteiger partial charge in [0.1, 0.15) is 11.0 Å². The van der Waals surface area contributed by atoms with Gasteiger partial charge in [0.25, 0.3) is 5.91 Å². The molecule has 0 saturated heterocycles. The van der Waals surface area contributed by atoms with Crippen molar-refractivity contribution in [1.82, 2.24) is 15.5 Å². The summed E-state index contributed by atoms with van der Waals surface area (Å²) >= 11 is 9.13. The van der Waals surface area contributed by atoms with Crippen LogP contribution in [0.4, 0.5) is 5.13 Å². The van der Waals surface area contributed by atoms with Crippen molar-refractivity contribution in [3.8, 4) is 0 Å². The maximum absolute atomic E-state index is 12.8. The van der Waals surface area contributed by atoms with E-state index in [-0.39, 0.29) is 11.8 Å². The number of aryl methyl sites for hydroxylation is 1. The molecule has 6 nitrogen and oxygen atoms in total. The van der Waals surface area contributed by atoms with Crippen molar-refractivity contribution in [3.05, 3.63) is 39.9 Å². The van der Waals surface area contributed by atoms with Gasteiger partial charge in [-0.05, 0) is 37.0 Å². The van der Waals surface area contributed by atoms with Gasteiger partial charge in [-0.15, -0.1) is 10.2 Å². The van der Waals surface area contributed by atoms with E-state index in [9.17, 15) is 9.59 Å². The fraction of sp³-hybridized carbons (Fsp3) is 0.545. The Morgan fingerprint density at radius 2 is 1.87 bits per heavy atom. The summed E-state index contributed by atoms with van der Waals surface area (Å²) in [6, 6.07) is 6.11. The Labute approximate surface area is 197 Å². The Balaban J connectivity index is 1.89. The first-order chi connectivity index (χ1) is 15.0. The van der Waals surface area contributed by atoms with Crippen LogP contribution in [0.3, 0.4) is 0 Å². The zero-order chi connectivity index (χ0) is 22.5. The van der Waals surface area contributed by atoms with Gasteiger partial charge in [-0.1, -0.05) is 74.1 Å². The number of aromatic nitrogens is 2. The van der Waals surface area contributed by atoms with E-state index in [1.54, 1.807) is 36.0 Å². The average molecular weight is 483 g/mol. The summed E-state index contributed by atoms with van der Waals surface area (Å²) in [6.45, 7) is 2.21. The molecule has 170 valence electrons. The number of halogens is 1. The number of anilines is 1. The third-order valence-electron chi connectivity index (χ3n) is 4.79. The summed E-state index contributed by atoms with van der Waals surface area (Å²) < 4.78 is 0. The minimum Gasteiger partial charge on any atom is -0.340 e. The van der Waals surface area contributed by atoms with Crippen LogP contribution in [0.15, 0.2) is 24.3 Å². The minimum absolute atomic E-state index is 0.295. The van der Waals surface area contributed by atoms with Gasteiger partial charge in [-0.2, -0.15) is 11.8 Å². The molecule has 0 bridgehead atoms. The quantitative estimate of drug-likeness (QED) is 0.343. The summed E-state index contributed by atoms with van der Waals surface area (Å²) in [5.74, 6) is 0.0740. The number of carbonyl (C=O) groups is 2. The van der Waals surface area contributed by atoms with Crippen LogP contribution in [-0.4, -0.2) is 40.1 Å². The molecule has 31 heavy (non-hydrogen) atoms. The molecule has 0 aliphatic heterocycles. The maximum atomic E-state index is 12.8. The van der Waals surface area contributed by atoms with Crippen molar-refractivity contribution in [2.24, 2.45) is 0 Å². The molecule has 1 aromatic carbocycles. The van der Waals surface area contributed by atoms with E-state index in [4.69, 9.17) is 11.6 Å². The second kappa shape index (κ2) is 14.4. The monoisotopic (exact) mass is 482 g/mol. The van der Waals surface area contributed by atoms with Gasteiger partial charge < -0.3 is 5.32 Å². The zero-order valence-corrected chi connectivity index (χ0v) is 20.5. The highest BCUT2D eigenvalue weighted by atomic mass is 35.5. The second-order valence-electron chi connectivity index (χ2n) is 7.30. The predicted octanol–water partition coefficient (Wildman–Crippen LogP) is 5.58. The van der Waals surface area contributed by atoms with E-state index in [0.717, 1.165) is 23.6 Å². The van der Waals surface area contributed by atoms with E-state index in [2.05, 4.69) is 27.8 Å². The lowest BCUT2D eigenvalue weighted by molar-refractivity contribution is -0.118. The molecule has 1 unspecified atom stereocenters. The van der Waals surface area contributed by atoms with Crippen molar-refractivity contribution in [3.63, 3.8) is 0 Å². The predicted molar refractivity (Wildman–Crippen MR) is 131 cm³/mol. The lowest BCUT2D eigenvalue weighted by atomic mass is 10.1. The van der Waals surface area contributed by atoms with Crippen LogP contribution in [0.2, 0.25) is 5.02 Å². The largest absolute Gasteiger partial charge is 0.340 e. The molecule has 0 aliphatic carbocycles. The van der Waals surface area contributed by atoms with Crippen molar-refractivity contribution < 1.29 is 9.59 Å². The van der Waals surface area contributed by atoms with Crippen molar-refractivity contribution >= 4 is 51.6 Å². The van der Waals surface area contributed by atoms with Crippen LogP contribution in [0.25, 0.3) is 0 Å². The minimum atomic E-state index is -0.679. The van der Waals surface area contributed by atoms with Crippen LogP contribution >= 0.6 is 34.7 Å². The summed E-state index contributed by atoms with van der Waals surface area (Å²) in [5.41, 5.74) is 0.350. The number of benzene rings is 1. The molecule has 2 N–H and O–H groups in total. The molecule has 1 heterocycles. The van der Waals surface area contributed by atoms with Crippen LogP contribution in [0, 0.1) is 0 Å². The Morgan fingerprint density at radius 1 is 1.13 bits per heavy atom. The fourth-order valence-electron chi connectivity index (χ4n) is 3.04. The number of nitrogens with zero attached hydrogens (tertiary/aromatic N) is 2. The Morgan fingerprint density at radius 3 is 2.61 bits per heavy atom. The molecule has 0 saturated carbocycles. The van der Waals surface area contributed by atoms with Crippen molar-refractivity contribution in [2.45, 2.75) is 64.3 Å². The number of hydrogen-bond acceptors (Lipinski definition) is 6. The first kappa shape index (κ1) is 25.6. The molecule has 1 aromatic heterocycles. The Kier molecular flexibility index (Phi) is 11.9. The number of unbranched alkanes of at least 4 members (excludes halogenated alkanes) is 5. The van der Waals surface area contributed by atoms with Crippen molar-refractivity contribution in [1.29, 1.82) is 0 Å². The maximum Gasteiger partial charge on any atom is 0.253 e. The molecule has 0 aliphatic rings. The average Bonchev–Trinajstić information content (AvgIpc) is 3.20. The molecule has 0 fully saturated rings. The number of carbonyl (C=O) groups excluding carboxylic acids is 2. The number of nitrogens with one attached hydrogen (secondary N) is 2. The topological polar surface area (TPSA) is 84.0 Å². The summed E-state index contributed by atoms with van der Waals surface area (Å²) in [5, 5.41) is 15.6. The van der Waals surface area contributed by atoms with Crippen LogP contribution in [0.5, 0.6) is 0 Å². The van der Waals surface area contributed by atoms with Gasteiger partial charge in [-0.25, -0.2) is 0 Å². The molecular formula is C22H31ClN4O2S2. The molecule has 2 rings (SSSR count). The number of thioether (sulfide) groups is 1. The van der Waals surface area contributed by atoms with Crippen molar-refractivity contribution in [2.75, 3.05) is 17.3 Å². The summed E-state index contributed by atoms with van der Waals surface area (Å²) in [4.78, 5) is 25.4. The number of hydrogen-bond donors (Lipinski definition) is 2. The molecule has 0 spiro atoms. The third-order valence-corrected chi connectivity index (χ3v) is 6.66. The van der Waals surface area contributed by atoms with Gasteiger partial charge in [-0.3, -0.25) is 14.9 Å². The fourth-order valence-corrected chi connectivity index (χ4v) is 4.52. The van der Waals surface area contributed by atoms with Gasteiger partial charge in [0.05, 0.1) is 10.6 Å². The standard InChI is InChI=1S/C22H31ClN4O2S2/c1-3-4-5-6-7-8-13-19-26-27-22(31-19)25-21(29)18(14-15-30-2)24-20(28)16-11-9-10-12-17(16)23/h9-12,18H,3-8,13-15H2,1-2H3,(H,24,28)(H,25,27,29). The Bertz CT molecular complexity index is 831. The van der Waals surface area contributed by atoms with Gasteiger partial charge >= 0.3 is 0 Å². The van der Waals surface area contributed by atoms with E-state index < -0.39 is 6.04 Å². The van der Waals surface area contributed by atoms with Gasteiger partial charge in [0, 0.05) is 6.42 Å². The highest BCUT2D eigenvalue weighted by Crippen LogP contribution is 2.19. The highest BCUT2D eigenvalue weighted by molar-refractivity contribution is 7.98. The molecular weight excluding hydrogens is 452 g/mol.